The number of nitrogens with zero attached hydrogens (tertiary/aromatic N) is 7. The zero-order valence-electron chi connectivity index (χ0n) is 17.8. The van der Waals surface area contributed by atoms with Crippen LogP contribution >= 0.6 is 11.3 Å². The summed E-state index contributed by atoms with van der Waals surface area (Å²) in [6.45, 7) is 4.42. The predicted molar refractivity (Wildman–Crippen MR) is 117 cm³/mol. The maximum atomic E-state index is 13.2. The van der Waals surface area contributed by atoms with Crippen molar-refractivity contribution in [3.8, 4) is 0 Å². The molecule has 0 aromatic carbocycles. The van der Waals surface area contributed by atoms with Gasteiger partial charge < -0.3 is 20.1 Å². The van der Waals surface area contributed by atoms with Crippen molar-refractivity contribution >= 4 is 33.3 Å². The fourth-order valence-electron chi connectivity index (χ4n) is 4.44. The summed E-state index contributed by atoms with van der Waals surface area (Å²) in [4.78, 5) is 16.0. The number of aryl methyl sites for hydroxylation is 1. The Labute approximate surface area is 187 Å². The molecule has 0 aliphatic carbocycles. The Morgan fingerprint density at radius 1 is 1.16 bits per heavy atom. The lowest BCUT2D eigenvalue weighted by molar-refractivity contribution is -0.147. The van der Waals surface area contributed by atoms with Gasteiger partial charge in [0, 0.05) is 37.1 Å². The second-order valence-corrected chi connectivity index (χ2v) is 9.50. The molecule has 0 spiro atoms. The van der Waals surface area contributed by atoms with Crippen molar-refractivity contribution in [2.45, 2.75) is 57.9 Å². The molecule has 32 heavy (non-hydrogen) atoms. The summed E-state index contributed by atoms with van der Waals surface area (Å²) in [7, 11) is 0. The quantitative estimate of drug-likeness (QED) is 0.632. The third-order valence-corrected chi connectivity index (χ3v) is 7.04. The molecule has 2 aliphatic heterocycles. The number of fused-ring (bicyclic) bond motifs is 2. The highest BCUT2D eigenvalue weighted by atomic mass is 32.1. The smallest absolute Gasteiger partial charge is 0.347 e. The molecule has 5 rings (SSSR count). The minimum absolute atomic E-state index is 0.0832. The molecule has 12 heteroatoms. The molecule has 1 unspecified atom stereocenters. The highest BCUT2D eigenvalue weighted by Crippen LogP contribution is 2.36. The highest BCUT2D eigenvalue weighted by Gasteiger charge is 2.39. The van der Waals surface area contributed by atoms with Gasteiger partial charge in [0.15, 0.2) is 5.82 Å². The summed E-state index contributed by atoms with van der Waals surface area (Å²) < 4.78 is 40.9. The first kappa shape index (κ1) is 21.4. The van der Waals surface area contributed by atoms with E-state index in [9.17, 15) is 13.2 Å². The highest BCUT2D eigenvalue weighted by molar-refractivity contribution is 7.18. The van der Waals surface area contributed by atoms with Crippen LogP contribution in [-0.4, -0.2) is 50.4 Å². The molecule has 1 saturated heterocycles. The Hall–Kier alpha value is -2.47. The molecular formula is C20H25F3N8S. The van der Waals surface area contributed by atoms with Crippen LogP contribution in [0.5, 0.6) is 0 Å². The molecule has 1 atom stereocenters. The molecule has 3 aromatic heterocycles. The standard InChI is InChI=1S/C20H25F3N8S/c1-2-4-13-9-14-16(25-19(26-17(14)32-13)30-6-3-5-12(24)10-30)29-7-8-31-15(11-29)27-28-18(31)20(21,22)23/h9,12H,2-8,10-11,24H2,1H3. The first-order valence-electron chi connectivity index (χ1n) is 10.9. The number of thiophene rings is 1. The second kappa shape index (κ2) is 8.14. The van der Waals surface area contributed by atoms with E-state index in [0.717, 1.165) is 52.8 Å². The number of alkyl halides is 3. The van der Waals surface area contributed by atoms with Crippen LogP contribution in [0.1, 0.15) is 42.7 Å². The largest absolute Gasteiger partial charge is 0.451 e. The van der Waals surface area contributed by atoms with Crippen molar-refractivity contribution in [3.63, 3.8) is 0 Å². The zero-order chi connectivity index (χ0) is 22.5. The van der Waals surface area contributed by atoms with E-state index in [1.807, 2.05) is 4.90 Å². The van der Waals surface area contributed by atoms with Crippen LogP contribution in [0.25, 0.3) is 10.2 Å². The van der Waals surface area contributed by atoms with Crippen LogP contribution in [-0.2, 0) is 25.7 Å². The number of halogens is 3. The number of aromatic nitrogens is 5. The summed E-state index contributed by atoms with van der Waals surface area (Å²) in [6.07, 6.45) is -0.576. The molecule has 172 valence electrons. The lowest BCUT2D eigenvalue weighted by Crippen LogP contribution is -2.43. The number of anilines is 2. The summed E-state index contributed by atoms with van der Waals surface area (Å²) in [6, 6.07) is 2.20. The van der Waals surface area contributed by atoms with Gasteiger partial charge in [-0.3, -0.25) is 0 Å². The topological polar surface area (TPSA) is 89.0 Å². The molecule has 5 heterocycles. The van der Waals surface area contributed by atoms with Gasteiger partial charge in [-0.15, -0.1) is 21.5 Å². The second-order valence-electron chi connectivity index (χ2n) is 8.39. The van der Waals surface area contributed by atoms with Gasteiger partial charge in [0.2, 0.25) is 11.8 Å². The molecule has 8 nitrogen and oxygen atoms in total. The first-order chi connectivity index (χ1) is 15.3. The van der Waals surface area contributed by atoms with E-state index in [1.165, 1.54) is 4.88 Å². The van der Waals surface area contributed by atoms with E-state index in [4.69, 9.17) is 15.7 Å². The molecule has 0 radical (unpaired) electrons. The van der Waals surface area contributed by atoms with Crippen LogP contribution in [0, 0.1) is 0 Å². The fourth-order valence-corrected chi connectivity index (χ4v) is 5.56. The van der Waals surface area contributed by atoms with Crippen molar-refractivity contribution < 1.29 is 13.2 Å². The fraction of sp³-hybridized carbons (Fsp3) is 0.600. The molecule has 0 saturated carbocycles. The minimum atomic E-state index is -4.52. The van der Waals surface area contributed by atoms with E-state index in [2.05, 4.69) is 28.1 Å². The number of piperidine rings is 1. The van der Waals surface area contributed by atoms with E-state index in [-0.39, 0.29) is 19.1 Å². The van der Waals surface area contributed by atoms with Crippen LogP contribution in [0.2, 0.25) is 0 Å². The van der Waals surface area contributed by atoms with Gasteiger partial charge in [0.1, 0.15) is 10.6 Å². The van der Waals surface area contributed by atoms with Gasteiger partial charge in [-0.25, -0.2) is 4.98 Å². The maximum absolute atomic E-state index is 13.2. The average molecular weight is 467 g/mol. The summed E-state index contributed by atoms with van der Waals surface area (Å²) in [5.74, 6) is 0.728. The summed E-state index contributed by atoms with van der Waals surface area (Å²) in [5.41, 5.74) is 6.18. The molecule has 1 fully saturated rings. The number of rotatable bonds is 4. The zero-order valence-corrected chi connectivity index (χ0v) is 18.6. The lowest BCUT2D eigenvalue weighted by atomic mass is 10.1. The van der Waals surface area contributed by atoms with Crippen molar-refractivity contribution in [2.75, 3.05) is 29.4 Å². The van der Waals surface area contributed by atoms with Crippen molar-refractivity contribution in [3.05, 3.63) is 22.6 Å². The SMILES string of the molecule is CCCc1cc2c(N3CCn4c(nnc4C(F)(F)F)C3)nc(N3CCCC(N)C3)nc2s1. The minimum Gasteiger partial charge on any atom is -0.347 e. The molecule has 0 bridgehead atoms. The molecule has 2 aliphatic rings. The van der Waals surface area contributed by atoms with Crippen LogP contribution < -0.4 is 15.5 Å². The Balaban J connectivity index is 1.54. The lowest BCUT2D eigenvalue weighted by Gasteiger charge is -2.33. The Morgan fingerprint density at radius 3 is 2.75 bits per heavy atom. The van der Waals surface area contributed by atoms with Crippen LogP contribution in [0.15, 0.2) is 6.07 Å². The monoisotopic (exact) mass is 466 g/mol. The average Bonchev–Trinajstić information content (AvgIpc) is 3.36. The molecular weight excluding hydrogens is 441 g/mol. The van der Waals surface area contributed by atoms with Crippen molar-refractivity contribution in [1.82, 2.24) is 24.7 Å². The van der Waals surface area contributed by atoms with Gasteiger partial charge >= 0.3 is 6.18 Å². The van der Waals surface area contributed by atoms with E-state index in [0.29, 0.717) is 24.9 Å². The Morgan fingerprint density at radius 2 is 2.00 bits per heavy atom. The third kappa shape index (κ3) is 3.90. The van der Waals surface area contributed by atoms with Gasteiger partial charge in [-0.1, -0.05) is 13.3 Å². The van der Waals surface area contributed by atoms with Gasteiger partial charge in [-0.2, -0.15) is 18.2 Å². The molecule has 0 amide bonds. The maximum Gasteiger partial charge on any atom is 0.451 e. The van der Waals surface area contributed by atoms with Gasteiger partial charge in [0.25, 0.3) is 0 Å². The van der Waals surface area contributed by atoms with Gasteiger partial charge in [-0.05, 0) is 25.3 Å². The van der Waals surface area contributed by atoms with Crippen molar-refractivity contribution in [1.29, 1.82) is 0 Å². The molecule has 2 N–H and O–H groups in total. The van der Waals surface area contributed by atoms with Crippen LogP contribution in [0.4, 0.5) is 24.9 Å². The van der Waals surface area contributed by atoms with E-state index < -0.39 is 12.0 Å². The van der Waals surface area contributed by atoms with E-state index in [1.54, 1.807) is 11.3 Å². The number of nitrogens with two attached hydrogens (primary N) is 1. The summed E-state index contributed by atoms with van der Waals surface area (Å²) >= 11 is 1.65. The normalized spacial score (nSPS) is 19.6. The van der Waals surface area contributed by atoms with Crippen molar-refractivity contribution in [2.24, 2.45) is 5.73 Å². The number of hydrogen-bond acceptors (Lipinski definition) is 8. The van der Waals surface area contributed by atoms with Gasteiger partial charge in [0.05, 0.1) is 11.9 Å². The Bertz CT molecular complexity index is 1120. The first-order valence-corrected chi connectivity index (χ1v) is 11.7. The third-order valence-electron chi connectivity index (χ3n) is 5.96. The van der Waals surface area contributed by atoms with Crippen LogP contribution in [0.3, 0.4) is 0 Å². The van der Waals surface area contributed by atoms with E-state index >= 15 is 0 Å². The summed E-state index contributed by atoms with van der Waals surface area (Å²) in [5, 5.41) is 8.15. The predicted octanol–water partition coefficient (Wildman–Crippen LogP) is 3.20. The molecule has 3 aromatic rings. The Kier molecular flexibility index (Phi) is 5.44. The number of hydrogen-bond donors (Lipinski definition) is 1.